The van der Waals surface area contributed by atoms with E-state index in [2.05, 4.69) is 0 Å². The summed E-state index contributed by atoms with van der Waals surface area (Å²) in [6.45, 7) is 2.03. The summed E-state index contributed by atoms with van der Waals surface area (Å²) in [5, 5.41) is 1.57. The zero-order valence-electron chi connectivity index (χ0n) is 14.2. The molecule has 5 heteroatoms. The van der Waals surface area contributed by atoms with E-state index in [9.17, 15) is 4.79 Å². The number of aryl methyl sites for hydroxylation is 1. The minimum absolute atomic E-state index is 0.162. The number of rotatable bonds is 4. The fraction of sp³-hybridized carbons (Fsp3) is 0.200. The fourth-order valence-electron chi connectivity index (χ4n) is 3.02. The van der Waals surface area contributed by atoms with Crippen molar-refractivity contribution in [1.82, 2.24) is 4.98 Å². The Morgan fingerprint density at radius 1 is 1.20 bits per heavy atom. The molecule has 0 aliphatic carbocycles. The van der Waals surface area contributed by atoms with Gasteiger partial charge in [-0.3, -0.25) is 9.78 Å². The summed E-state index contributed by atoms with van der Waals surface area (Å²) in [6, 6.07) is 13.2. The molecule has 2 aromatic carbocycles. The average molecular weight is 350 g/mol. The summed E-state index contributed by atoms with van der Waals surface area (Å²) in [5.74, 6) is -0.296. The molecule has 3 nitrogen and oxygen atoms in total. The number of hydrogen-bond acceptors (Lipinski definition) is 3. The normalized spacial score (nSPS) is 10.8. The Balaban J connectivity index is 2.37. The van der Waals surface area contributed by atoms with Crippen LogP contribution < -0.4 is 5.46 Å². The maximum absolute atomic E-state index is 12.0. The molecule has 0 atom stereocenters. The molecule has 0 amide bonds. The van der Waals surface area contributed by atoms with Crippen LogP contribution in [-0.2, 0) is 22.4 Å². The largest absolute Gasteiger partial charge is 0.469 e. The van der Waals surface area contributed by atoms with Crippen LogP contribution in [0, 0.1) is 0 Å². The van der Waals surface area contributed by atoms with Gasteiger partial charge in [0.25, 0.3) is 0 Å². The molecule has 0 aliphatic rings. The summed E-state index contributed by atoms with van der Waals surface area (Å²) in [4.78, 5) is 16.7. The first-order chi connectivity index (χ1) is 12.0. The Labute approximate surface area is 153 Å². The predicted molar refractivity (Wildman–Crippen MR) is 103 cm³/mol. The van der Waals surface area contributed by atoms with E-state index in [4.69, 9.17) is 29.2 Å². The van der Waals surface area contributed by atoms with Crippen molar-refractivity contribution in [3.8, 4) is 11.1 Å². The first-order valence-electron chi connectivity index (χ1n) is 8.07. The van der Waals surface area contributed by atoms with E-state index in [1.165, 1.54) is 7.11 Å². The van der Waals surface area contributed by atoms with Crippen molar-refractivity contribution in [3.05, 3.63) is 58.7 Å². The van der Waals surface area contributed by atoms with Gasteiger partial charge in [-0.05, 0) is 41.3 Å². The zero-order chi connectivity index (χ0) is 18.0. The zero-order valence-corrected chi connectivity index (χ0v) is 14.9. The first-order valence-corrected chi connectivity index (χ1v) is 8.45. The molecule has 0 bridgehead atoms. The van der Waals surface area contributed by atoms with Crippen LogP contribution in [0.1, 0.15) is 18.2 Å². The van der Waals surface area contributed by atoms with Crippen molar-refractivity contribution >= 4 is 41.8 Å². The van der Waals surface area contributed by atoms with Crippen LogP contribution >= 0.6 is 11.6 Å². The molecular weight excluding hydrogens is 332 g/mol. The lowest BCUT2D eigenvalue weighted by atomic mass is 9.88. The molecule has 124 valence electrons. The number of nitrogens with zero attached hydrogens (tertiary/aromatic N) is 1. The highest BCUT2D eigenvalue weighted by Crippen LogP contribution is 2.34. The second-order valence-electron chi connectivity index (χ2n) is 5.80. The lowest BCUT2D eigenvalue weighted by Gasteiger charge is -2.17. The molecule has 0 spiro atoms. The molecule has 1 aromatic heterocycles. The van der Waals surface area contributed by atoms with E-state index in [1.54, 1.807) is 0 Å². The quantitative estimate of drug-likeness (QED) is 0.533. The summed E-state index contributed by atoms with van der Waals surface area (Å²) in [5.41, 5.74) is 5.18. The Kier molecular flexibility index (Phi) is 5.09. The number of carbonyl (C=O) groups is 1. The Hall–Kier alpha value is -2.33. The summed E-state index contributed by atoms with van der Waals surface area (Å²) < 4.78 is 4.89. The Morgan fingerprint density at radius 3 is 2.56 bits per heavy atom. The summed E-state index contributed by atoms with van der Waals surface area (Å²) in [7, 11) is 7.39. The smallest absolute Gasteiger partial charge is 0.310 e. The third-order valence-corrected chi connectivity index (χ3v) is 4.46. The second-order valence-corrected chi connectivity index (χ2v) is 6.24. The number of fused-ring (bicyclic) bond motifs is 1. The predicted octanol–water partition coefficient (Wildman–Crippen LogP) is 3.63. The SMILES string of the molecule is [B]c1ccc2nc(CC)c(CC(=O)OC)c(-c3ccc(Cl)cc3)c2c1. The van der Waals surface area contributed by atoms with E-state index in [0.29, 0.717) is 16.9 Å². The Morgan fingerprint density at radius 2 is 1.92 bits per heavy atom. The van der Waals surface area contributed by atoms with E-state index >= 15 is 0 Å². The number of ether oxygens (including phenoxy) is 1. The van der Waals surface area contributed by atoms with Gasteiger partial charge >= 0.3 is 5.97 Å². The van der Waals surface area contributed by atoms with Gasteiger partial charge in [-0.2, -0.15) is 0 Å². The highest BCUT2D eigenvalue weighted by atomic mass is 35.5. The first kappa shape index (κ1) is 17.5. The summed E-state index contributed by atoms with van der Waals surface area (Å²) in [6.07, 6.45) is 0.878. The number of aromatic nitrogens is 1. The standard InChI is InChI=1S/C20H17BClNO2/c1-3-17-16(11-19(24)25-2)20(12-4-7-14(22)8-5-12)15-10-13(21)6-9-18(15)23-17/h4-10H,3,11H2,1-2H3. The van der Waals surface area contributed by atoms with Crippen molar-refractivity contribution < 1.29 is 9.53 Å². The number of esters is 1. The molecule has 25 heavy (non-hydrogen) atoms. The lowest BCUT2D eigenvalue weighted by Crippen LogP contribution is -2.11. The van der Waals surface area contributed by atoms with E-state index < -0.39 is 0 Å². The Bertz CT molecular complexity index is 939. The monoisotopic (exact) mass is 349 g/mol. The number of hydrogen-bond donors (Lipinski definition) is 0. The molecule has 0 N–H and O–H groups in total. The number of carbonyl (C=O) groups excluding carboxylic acids is 1. The third-order valence-electron chi connectivity index (χ3n) is 4.21. The maximum Gasteiger partial charge on any atom is 0.310 e. The molecule has 0 saturated carbocycles. The van der Waals surface area contributed by atoms with Crippen LogP contribution in [-0.4, -0.2) is 25.9 Å². The van der Waals surface area contributed by atoms with Crippen LogP contribution in [0.5, 0.6) is 0 Å². The molecule has 0 aliphatic heterocycles. The second kappa shape index (κ2) is 7.28. The van der Waals surface area contributed by atoms with Gasteiger partial charge in [0.05, 0.1) is 19.0 Å². The number of methoxy groups -OCH3 is 1. The number of benzene rings is 2. The fourth-order valence-corrected chi connectivity index (χ4v) is 3.14. The van der Waals surface area contributed by atoms with Gasteiger partial charge in [0, 0.05) is 16.1 Å². The molecule has 1 heterocycles. The van der Waals surface area contributed by atoms with E-state index in [1.807, 2.05) is 49.4 Å². The third kappa shape index (κ3) is 3.54. The van der Waals surface area contributed by atoms with Crippen molar-refractivity contribution in [3.63, 3.8) is 0 Å². The summed E-state index contributed by atoms with van der Waals surface area (Å²) >= 11 is 6.04. The minimum atomic E-state index is -0.296. The van der Waals surface area contributed by atoms with Gasteiger partial charge in [0.15, 0.2) is 0 Å². The maximum atomic E-state index is 12.0. The van der Waals surface area contributed by atoms with Gasteiger partial charge in [0.2, 0.25) is 0 Å². The molecule has 3 aromatic rings. The lowest BCUT2D eigenvalue weighted by molar-refractivity contribution is -0.139. The van der Waals surface area contributed by atoms with Crippen LogP contribution in [0.15, 0.2) is 42.5 Å². The van der Waals surface area contributed by atoms with Crippen LogP contribution in [0.3, 0.4) is 0 Å². The van der Waals surface area contributed by atoms with Crippen molar-refractivity contribution in [2.75, 3.05) is 7.11 Å². The molecule has 0 unspecified atom stereocenters. The topological polar surface area (TPSA) is 39.2 Å². The molecule has 2 radical (unpaired) electrons. The van der Waals surface area contributed by atoms with Crippen LogP contribution in [0.25, 0.3) is 22.0 Å². The van der Waals surface area contributed by atoms with E-state index in [-0.39, 0.29) is 12.4 Å². The van der Waals surface area contributed by atoms with Gasteiger partial charge in [0.1, 0.15) is 7.85 Å². The molecule has 0 fully saturated rings. The van der Waals surface area contributed by atoms with E-state index in [0.717, 1.165) is 33.3 Å². The highest BCUT2D eigenvalue weighted by Gasteiger charge is 2.18. The van der Waals surface area contributed by atoms with Gasteiger partial charge in [-0.15, -0.1) is 0 Å². The van der Waals surface area contributed by atoms with Crippen LogP contribution in [0.2, 0.25) is 5.02 Å². The average Bonchev–Trinajstić information content (AvgIpc) is 2.62. The van der Waals surface area contributed by atoms with Gasteiger partial charge in [-0.1, -0.05) is 48.3 Å². The van der Waals surface area contributed by atoms with Crippen LogP contribution in [0.4, 0.5) is 0 Å². The van der Waals surface area contributed by atoms with Crippen molar-refractivity contribution in [1.29, 1.82) is 0 Å². The van der Waals surface area contributed by atoms with Crippen molar-refractivity contribution in [2.24, 2.45) is 0 Å². The molecule has 3 rings (SSSR count). The number of pyridine rings is 1. The van der Waals surface area contributed by atoms with Gasteiger partial charge in [-0.25, -0.2) is 0 Å². The number of halogens is 1. The van der Waals surface area contributed by atoms with Crippen molar-refractivity contribution in [2.45, 2.75) is 19.8 Å². The highest BCUT2D eigenvalue weighted by molar-refractivity contribution is 6.33. The van der Waals surface area contributed by atoms with Gasteiger partial charge < -0.3 is 4.74 Å². The minimum Gasteiger partial charge on any atom is -0.469 e. The molecular formula is C20H17BClNO2. The molecule has 0 saturated heterocycles.